The van der Waals surface area contributed by atoms with E-state index >= 15 is 0 Å². The van der Waals surface area contributed by atoms with Crippen molar-refractivity contribution in [1.82, 2.24) is 0 Å². The molecule has 0 aliphatic heterocycles. The Morgan fingerprint density at radius 3 is 2.25 bits per heavy atom. The van der Waals surface area contributed by atoms with Crippen LogP contribution in [0.2, 0.25) is 5.02 Å². The Bertz CT molecular complexity index is 671. The Kier molecular flexibility index (Phi) is 4.78. The van der Waals surface area contributed by atoms with Gasteiger partial charge in [0.05, 0.1) is 5.02 Å². The summed E-state index contributed by atoms with van der Waals surface area (Å²) in [7, 11) is 0. The average molecular weight is 425 g/mol. The summed E-state index contributed by atoms with van der Waals surface area (Å²) in [6.07, 6.45) is 0. The SMILES string of the molecule is O=C(Nc1c(F)cc(Br)cc1F)c1ccc(Br)c(Cl)c1. The van der Waals surface area contributed by atoms with Gasteiger partial charge in [-0.25, -0.2) is 8.78 Å². The summed E-state index contributed by atoms with van der Waals surface area (Å²) in [5.74, 6) is -2.39. The summed E-state index contributed by atoms with van der Waals surface area (Å²) in [6, 6.07) is 6.58. The van der Waals surface area contributed by atoms with Crippen molar-refractivity contribution >= 4 is 55.1 Å². The topological polar surface area (TPSA) is 29.1 Å². The van der Waals surface area contributed by atoms with Gasteiger partial charge in [-0.1, -0.05) is 27.5 Å². The maximum absolute atomic E-state index is 13.6. The number of amides is 1. The Morgan fingerprint density at radius 1 is 1.10 bits per heavy atom. The van der Waals surface area contributed by atoms with E-state index in [2.05, 4.69) is 37.2 Å². The minimum atomic E-state index is -0.867. The van der Waals surface area contributed by atoms with Gasteiger partial charge in [0, 0.05) is 14.5 Å². The fourth-order valence-electron chi connectivity index (χ4n) is 1.48. The molecule has 0 spiro atoms. The van der Waals surface area contributed by atoms with E-state index in [4.69, 9.17) is 11.6 Å². The first-order chi connectivity index (χ1) is 9.38. The van der Waals surface area contributed by atoms with Crippen LogP contribution < -0.4 is 5.32 Å². The van der Waals surface area contributed by atoms with Crippen molar-refractivity contribution < 1.29 is 13.6 Å². The number of halogens is 5. The van der Waals surface area contributed by atoms with Gasteiger partial charge in [-0.05, 0) is 46.3 Å². The summed E-state index contributed by atoms with van der Waals surface area (Å²) in [5, 5.41) is 2.51. The molecule has 0 aliphatic carbocycles. The van der Waals surface area contributed by atoms with Gasteiger partial charge in [-0.15, -0.1) is 0 Å². The van der Waals surface area contributed by atoms with E-state index in [0.717, 1.165) is 12.1 Å². The molecule has 0 heterocycles. The van der Waals surface area contributed by atoms with Gasteiger partial charge in [0.25, 0.3) is 5.91 Å². The van der Waals surface area contributed by atoms with E-state index in [1.807, 2.05) is 0 Å². The molecule has 0 saturated heterocycles. The molecule has 20 heavy (non-hydrogen) atoms. The number of nitrogens with one attached hydrogen (secondary N) is 1. The first kappa shape index (κ1) is 15.4. The summed E-state index contributed by atoms with van der Waals surface area (Å²) in [4.78, 5) is 11.9. The van der Waals surface area contributed by atoms with E-state index in [-0.39, 0.29) is 10.0 Å². The molecule has 2 aromatic rings. The van der Waals surface area contributed by atoms with E-state index < -0.39 is 23.2 Å². The molecule has 1 amide bonds. The van der Waals surface area contributed by atoms with Crippen LogP contribution in [0.3, 0.4) is 0 Å². The minimum Gasteiger partial charge on any atom is -0.317 e. The molecule has 0 fully saturated rings. The van der Waals surface area contributed by atoms with Crippen LogP contribution in [-0.2, 0) is 0 Å². The molecule has 0 saturated carbocycles. The predicted molar refractivity (Wildman–Crippen MR) is 81.2 cm³/mol. The number of hydrogen-bond acceptors (Lipinski definition) is 1. The second-order valence-corrected chi connectivity index (χ2v) is 6.00. The van der Waals surface area contributed by atoms with Crippen LogP contribution in [0, 0.1) is 11.6 Å². The molecular formula is C13H6Br2ClF2NO. The second-order valence-electron chi connectivity index (χ2n) is 3.83. The van der Waals surface area contributed by atoms with Crippen molar-refractivity contribution in [2.45, 2.75) is 0 Å². The lowest BCUT2D eigenvalue weighted by Crippen LogP contribution is -2.14. The zero-order valence-corrected chi connectivity index (χ0v) is 13.6. The summed E-state index contributed by atoms with van der Waals surface area (Å²) >= 11 is 12.0. The van der Waals surface area contributed by atoms with Crippen LogP contribution in [0.4, 0.5) is 14.5 Å². The second kappa shape index (κ2) is 6.20. The highest BCUT2D eigenvalue weighted by Crippen LogP contribution is 2.26. The van der Waals surface area contributed by atoms with Gasteiger partial charge in [0.15, 0.2) is 11.6 Å². The van der Waals surface area contributed by atoms with E-state index in [1.165, 1.54) is 12.1 Å². The fraction of sp³-hybridized carbons (Fsp3) is 0. The number of anilines is 1. The molecule has 0 unspecified atom stereocenters. The lowest BCUT2D eigenvalue weighted by molar-refractivity contribution is 0.102. The van der Waals surface area contributed by atoms with Crippen LogP contribution >= 0.6 is 43.5 Å². The van der Waals surface area contributed by atoms with Crippen molar-refractivity contribution in [2.75, 3.05) is 5.32 Å². The molecule has 2 nitrogen and oxygen atoms in total. The van der Waals surface area contributed by atoms with Crippen LogP contribution in [-0.4, -0.2) is 5.91 Å². The Labute approximate surface area is 135 Å². The highest BCUT2D eigenvalue weighted by molar-refractivity contribution is 9.10. The minimum absolute atomic E-state index is 0.194. The standard InChI is InChI=1S/C13H6Br2ClF2NO/c14-7-4-10(17)12(11(18)5-7)19-13(20)6-1-2-8(15)9(16)3-6/h1-5H,(H,19,20). The molecule has 0 aromatic heterocycles. The third-order valence-corrected chi connectivity index (χ3v) is 4.12. The Morgan fingerprint density at radius 2 is 1.70 bits per heavy atom. The van der Waals surface area contributed by atoms with Gasteiger partial charge in [-0.3, -0.25) is 4.79 Å². The largest absolute Gasteiger partial charge is 0.317 e. The normalized spacial score (nSPS) is 10.4. The average Bonchev–Trinajstić information content (AvgIpc) is 2.36. The van der Waals surface area contributed by atoms with Crippen molar-refractivity contribution in [1.29, 1.82) is 0 Å². The molecule has 1 N–H and O–H groups in total. The highest BCUT2D eigenvalue weighted by Gasteiger charge is 2.15. The molecule has 0 radical (unpaired) electrons. The molecular weight excluding hydrogens is 419 g/mol. The van der Waals surface area contributed by atoms with Gasteiger partial charge in [0.2, 0.25) is 0 Å². The maximum atomic E-state index is 13.6. The van der Waals surface area contributed by atoms with E-state index in [9.17, 15) is 13.6 Å². The monoisotopic (exact) mass is 423 g/mol. The number of benzene rings is 2. The number of rotatable bonds is 2. The van der Waals surface area contributed by atoms with Crippen molar-refractivity contribution in [3.8, 4) is 0 Å². The number of hydrogen-bond donors (Lipinski definition) is 1. The molecule has 2 rings (SSSR count). The quantitative estimate of drug-likeness (QED) is 0.686. The van der Waals surface area contributed by atoms with Crippen molar-refractivity contribution in [2.24, 2.45) is 0 Å². The molecule has 104 valence electrons. The summed E-state index contributed by atoms with van der Waals surface area (Å²) in [6.45, 7) is 0. The van der Waals surface area contributed by atoms with Crippen LogP contribution in [0.1, 0.15) is 10.4 Å². The third kappa shape index (κ3) is 3.37. The number of carbonyl (C=O) groups is 1. The lowest BCUT2D eigenvalue weighted by Gasteiger charge is -2.09. The van der Waals surface area contributed by atoms with Gasteiger partial charge >= 0.3 is 0 Å². The molecule has 0 atom stereocenters. The molecule has 2 aromatic carbocycles. The van der Waals surface area contributed by atoms with E-state index in [0.29, 0.717) is 9.50 Å². The van der Waals surface area contributed by atoms with Crippen LogP contribution in [0.5, 0.6) is 0 Å². The van der Waals surface area contributed by atoms with E-state index in [1.54, 1.807) is 6.07 Å². The first-order valence-corrected chi connectivity index (χ1v) is 7.26. The van der Waals surface area contributed by atoms with Crippen LogP contribution in [0.25, 0.3) is 0 Å². The summed E-state index contributed by atoms with van der Waals surface area (Å²) in [5.41, 5.74) is -0.308. The zero-order chi connectivity index (χ0) is 14.9. The first-order valence-electron chi connectivity index (χ1n) is 5.29. The van der Waals surface area contributed by atoms with Crippen molar-refractivity contribution in [3.63, 3.8) is 0 Å². The van der Waals surface area contributed by atoms with Gasteiger partial charge < -0.3 is 5.32 Å². The molecule has 0 aliphatic rings. The molecule has 7 heteroatoms. The lowest BCUT2D eigenvalue weighted by atomic mass is 10.2. The van der Waals surface area contributed by atoms with Gasteiger partial charge in [-0.2, -0.15) is 0 Å². The summed E-state index contributed by atoms with van der Waals surface area (Å²) < 4.78 is 28.1. The third-order valence-electron chi connectivity index (χ3n) is 2.43. The van der Waals surface area contributed by atoms with Crippen molar-refractivity contribution in [3.05, 3.63) is 61.5 Å². The maximum Gasteiger partial charge on any atom is 0.255 e. The Hall–Kier alpha value is -0.980. The molecule has 0 bridgehead atoms. The van der Waals surface area contributed by atoms with Crippen LogP contribution in [0.15, 0.2) is 39.3 Å². The predicted octanol–water partition coefficient (Wildman–Crippen LogP) is 5.40. The smallest absolute Gasteiger partial charge is 0.255 e. The number of carbonyl (C=O) groups excluding carboxylic acids is 1. The fourth-order valence-corrected chi connectivity index (χ4v) is 2.31. The zero-order valence-electron chi connectivity index (χ0n) is 9.68. The highest BCUT2D eigenvalue weighted by atomic mass is 79.9. The van der Waals surface area contributed by atoms with Gasteiger partial charge in [0.1, 0.15) is 5.69 Å². The Balaban J connectivity index is 2.30.